The summed E-state index contributed by atoms with van der Waals surface area (Å²) in [5.74, 6) is 0. The van der Waals surface area contributed by atoms with Gasteiger partial charge in [0.2, 0.25) is 0 Å². The van der Waals surface area contributed by atoms with Crippen LogP contribution in [0.3, 0.4) is 0 Å². The molecular weight excluding hydrogens is 324 g/mol. The van der Waals surface area contributed by atoms with E-state index in [4.69, 9.17) is 21.1 Å². The van der Waals surface area contributed by atoms with E-state index in [1.54, 1.807) is 4.90 Å². The summed E-state index contributed by atoms with van der Waals surface area (Å²) in [6.45, 7) is 4.29. The Morgan fingerprint density at radius 3 is 1.41 bits per heavy atom. The van der Waals surface area contributed by atoms with Crippen molar-refractivity contribution in [3.05, 3.63) is 0 Å². The maximum absolute atomic E-state index is 8.48. The fraction of sp³-hybridized carbons (Fsp3) is 1.00. The first-order valence-corrected chi connectivity index (χ1v) is 5.50. The number of halogens is 1. The number of hydrogen-bond donors (Lipinski definition) is 4. The van der Waals surface area contributed by atoms with Crippen molar-refractivity contribution in [2.45, 2.75) is 12.2 Å². The fourth-order valence-corrected chi connectivity index (χ4v) is 0.760. The third-order valence-electron chi connectivity index (χ3n) is 1.58. The molecule has 0 spiro atoms. The molecule has 1 atom stereocenters. The molecule has 0 heterocycles. The summed E-state index contributed by atoms with van der Waals surface area (Å²) in [6, 6.07) is 0. The van der Waals surface area contributed by atoms with Gasteiger partial charge in [0.15, 0.2) is 0 Å². The molecule has 0 aliphatic carbocycles. The van der Waals surface area contributed by atoms with Gasteiger partial charge in [-0.25, -0.2) is 0 Å². The zero-order chi connectivity index (χ0) is 12.1. The molecule has 0 aromatic carbocycles. The molecule has 5 nitrogen and oxygen atoms in total. The van der Waals surface area contributed by atoms with Gasteiger partial charge in [0.25, 0.3) is 0 Å². The molecule has 0 fully saturated rings. The Morgan fingerprint density at radius 1 is 1.06 bits per heavy atom. The molecule has 0 aliphatic rings. The van der Waals surface area contributed by atoms with Crippen molar-refractivity contribution in [3.63, 3.8) is 0 Å². The van der Waals surface area contributed by atoms with Gasteiger partial charge in [-0.15, -0.1) is 12.4 Å². The summed E-state index contributed by atoms with van der Waals surface area (Å²) >= 11 is 4.66. The first-order chi connectivity index (χ1) is 7.12. The molecule has 106 valence electrons. The summed E-state index contributed by atoms with van der Waals surface area (Å²) in [5.41, 5.74) is 5.07. The molecule has 0 amide bonds. The predicted octanol–water partition coefficient (Wildman–Crippen LogP) is -1.81. The van der Waals surface area contributed by atoms with Gasteiger partial charge in [-0.05, 0) is 6.54 Å². The average molecular weight is 348 g/mol. The van der Waals surface area contributed by atoms with E-state index in [2.05, 4.69) is 12.6 Å². The summed E-state index contributed by atoms with van der Waals surface area (Å²) < 4.78 is 0. The maximum Gasteiger partial charge on any atom is 0.0558 e. The van der Waals surface area contributed by atoms with E-state index in [1.807, 2.05) is 6.92 Å². The maximum atomic E-state index is 8.48. The van der Waals surface area contributed by atoms with E-state index in [0.29, 0.717) is 26.2 Å². The van der Waals surface area contributed by atoms with Gasteiger partial charge in [0, 0.05) is 37.2 Å². The molecule has 0 bridgehead atoms. The second-order valence-electron chi connectivity index (χ2n) is 3.06. The van der Waals surface area contributed by atoms with Crippen LogP contribution in [0.25, 0.3) is 0 Å². The molecule has 0 rings (SSSR count). The second kappa shape index (κ2) is 22.2. The Hall–Kier alpha value is 0.983. The summed E-state index contributed by atoms with van der Waals surface area (Å²) in [6.07, 6.45) is 0. The van der Waals surface area contributed by atoms with Crippen LogP contribution in [0.4, 0.5) is 0 Å². The van der Waals surface area contributed by atoms with Gasteiger partial charge in [-0.2, -0.15) is 5.25 Å². The topological polar surface area (TPSA) is 90.0 Å². The van der Waals surface area contributed by atoms with Gasteiger partial charge in [0.1, 0.15) is 0 Å². The van der Waals surface area contributed by atoms with Crippen molar-refractivity contribution < 1.29 is 15.3 Å². The van der Waals surface area contributed by atoms with E-state index in [-0.39, 0.29) is 55.1 Å². The van der Waals surface area contributed by atoms with Crippen LogP contribution in [0, 0.1) is 0 Å². The number of hydrogen-bond acceptors (Lipinski definition) is 6. The summed E-state index contributed by atoms with van der Waals surface area (Å²) in [5, 5.41) is 25.7. The number of aliphatic hydroxyl groups is 3. The van der Waals surface area contributed by atoms with Crippen LogP contribution in [-0.2, 0) is 12.6 Å². The Labute approximate surface area is 127 Å². The SMILES string of the molecule is CC([S-])CN.Cl.OCCN(CCO)CCO.[Ge]. The minimum Gasteiger partial charge on any atom is -0.788 e. The van der Waals surface area contributed by atoms with Crippen LogP contribution in [-0.4, -0.2) is 89.1 Å². The van der Waals surface area contributed by atoms with Crippen molar-refractivity contribution in [1.29, 1.82) is 0 Å². The van der Waals surface area contributed by atoms with Crippen LogP contribution in [0.5, 0.6) is 0 Å². The molecule has 0 aromatic heterocycles. The first kappa shape index (κ1) is 26.5. The Bertz CT molecular complexity index is 114. The number of rotatable bonds is 7. The van der Waals surface area contributed by atoms with Crippen LogP contribution in [0.15, 0.2) is 0 Å². The van der Waals surface area contributed by atoms with E-state index < -0.39 is 0 Å². The normalized spacial score (nSPS) is 10.8. The minimum absolute atomic E-state index is 0. The first-order valence-electron chi connectivity index (χ1n) is 5.03. The largest absolute Gasteiger partial charge is 0.788 e. The van der Waals surface area contributed by atoms with Crippen molar-refractivity contribution in [2.24, 2.45) is 5.73 Å². The van der Waals surface area contributed by atoms with Gasteiger partial charge >= 0.3 is 0 Å². The van der Waals surface area contributed by atoms with E-state index in [9.17, 15) is 0 Å². The predicted molar refractivity (Wildman–Crippen MR) is 76.6 cm³/mol. The average Bonchev–Trinajstić information content (AvgIpc) is 2.20. The molecule has 4 radical (unpaired) electrons. The second-order valence-corrected chi connectivity index (χ2v) is 3.86. The molecule has 0 saturated carbocycles. The number of nitrogens with zero attached hydrogens (tertiary/aromatic N) is 1. The van der Waals surface area contributed by atoms with E-state index in [1.165, 1.54) is 0 Å². The molecule has 17 heavy (non-hydrogen) atoms. The van der Waals surface area contributed by atoms with Crippen molar-refractivity contribution >= 4 is 42.6 Å². The Morgan fingerprint density at radius 2 is 1.29 bits per heavy atom. The van der Waals surface area contributed by atoms with E-state index >= 15 is 0 Å². The Kier molecular flexibility index (Phi) is 34.6. The van der Waals surface area contributed by atoms with Crippen LogP contribution < -0.4 is 5.73 Å². The smallest absolute Gasteiger partial charge is 0.0558 e. The quantitative estimate of drug-likeness (QED) is 0.320. The van der Waals surface area contributed by atoms with Gasteiger partial charge in [0.05, 0.1) is 19.8 Å². The molecule has 5 N–H and O–H groups in total. The van der Waals surface area contributed by atoms with Crippen molar-refractivity contribution in [2.75, 3.05) is 46.0 Å². The van der Waals surface area contributed by atoms with Crippen molar-refractivity contribution in [3.8, 4) is 0 Å². The van der Waals surface area contributed by atoms with Crippen LogP contribution >= 0.6 is 12.4 Å². The van der Waals surface area contributed by atoms with Crippen LogP contribution in [0.1, 0.15) is 6.92 Å². The number of aliphatic hydroxyl groups excluding tert-OH is 3. The van der Waals surface area contributed by atoms with Crippen LogP contribution in [0.2, 0.25) is 0 Å². The monoisotopic (exact) mass is 349 g/mol. The van der Waals surface area contributed by atoms with Crippen molar-refractivity contribution in [1.82, 2.24) is 4.90 Å². The van der Waals surface area contributed by atoms with Gasteiger partial charge in [-0.1, -0.05) is 6.92 Å². The molecule has 0 aromatic rings. The standard InChI is InChI=1S/C6H15NO3.C3H9NS.ClH.Ge/c8-4-1-7(2-5-9)3-6-10;1-3(5)2-4;;/h8-10H,1-6H2;3,5H,2,4H2,1H3;1H;/p-1. The van der Waals surface area contributed by atoms with E-state index in [0.717, 1.165) is 0 Å². The minimum atomic E-state index is 0. The van der Waals surface area contributed by atoms with Gasteiger partial charge in [-0.3, -0.25) is 4.90 Å². The molecule has 1 unspecified atom stereocenters. The Balaban J connectivity index is -0.000000105. The number of nitrogens with two attached hydrogens (primary N) is 1. The molecular formula is C9H24ClGeN2O3S-. The summed E-state index contributed by atoms with van der Waals surface area (Å²) in [4.78, 5) is 1.79. The fourth-order valence-electron chi connectivity index (χ4n) is 0.760. The molecule has 0 saturated heterocycles. The zero-order valence-corrected chi connectivity index (χ0v) is 13.9. The zero-order valence-electron chi connectivity index (χ0n) is 10.2. The molecule has 0 aliphatic heterocycles. The van der Waals surface area contributed by atoms with Gasteiger partial charge < -0.3 is 33.7 Å². The molecule has 8 heteroatoms. The third kappa shape index (κ3) is 26.6. The summed E-state index contributed by atoms with van der Waals surface area (Å²) in [7, 11) is 0. The third-order valence-corrected chi connectivity index (χ3v) is 1.77.